The van der Waals surface area contributed by atoms with Gasteiger partial charge < -0.3 is 14.8 Å². The van der Waals surface area contributed by atoms with Crippen molar-refractivity contribution in [3.63, 3.8) is 0 Å². The van der Waals surface area contributed by atoms with Crippen molar-refractivity contribution in [2.24, 2.45) is 14.1 Å². The van der Waals surface area contributed by atoms with Gasteiger partial charge in [0.2, 0.25) is 5.95 Å². The van der Waals surface area contributed by atoms with Gasteiger partial charge >= 0.3 is 5.69 Å². The van der Waals surface area contributed by atoms with E-state index in [-0.39, 0.29) is 11.2 Å². The van der Waals surface area contributed by atoms with Gasteiger partial charge in [-0.05, 0) is 25.7 Å². The number of fused-ring (bicyclic) bond motifs is 1. The Morgan fingerprint density at radius 1 is 1.12 bits per heavy atom. The van der Waals surface area contributed by atoms with Crippen LogP contribution in [-0.4, -0.2) is 44.9 Å². The number of hydrogen-bond donors (Lipinski definition) is 1. The molecule has 0 bridgehead atoms. The van der Waals surface area contributed by atoms with Crippen LogP contribution in [0.5, 0.6) is 0 Å². The van der Waals surface area contributed by atoms with Crippen molar-refractivity contribution < 1.29 is 0 Å². The van der Waals surface area contributed by atoms with Gasteiger partial charge in [-0.15, -0.1) is 0 Å². The van der Waals surface area contributed by atoms with E-state index >= 15 is 0 Å². The summed E-state index contributed by atoms with van der Waals surface area (Å²) in [5, 5.41) is 3.35. The highest BCUT2D eigenvalue weighted by atomic mass is 16.2. The van der Waals surface area contributed by atoms with Crippen LogP contribution in [0.25, 0.3) is 11.2 Å². The predicted molar refractivity (Wildman–Crippen MR) is 102 cm³/mol. The minimum absolute atomic E-state index is 0.270. The average molecular weight is 358 g/mol. The van der Waals surface area contributed by atoms with Crippen LogP contribution >= 0.6 is 0 Å². The van der Waals surface area contributed by atoms with Crippen molar-refractivity contribution in [1.82, 2.24) is 24.0 Å². The summed E-state index contributed by atoms with van der Waals surface area (Å²) in [7, 11) is 3.22. The molecule has 0 spiro atoms. The van der Waals surface area contributed by atoms with E-state index in [9.17, 15) is 9.59 Å². The lowest BCUT2D eigenvalue weighted by Crippen LogP contribution is -2.44. The largest absolute Gasteiger partial charge is 0.340 e. The van der Waals surface area contributed by atoms with E-state index < -0.39 is 0 Å². The summed E-state index contributed by atoms with van der Waals surface area (Å²) in [6, 6.07) is 0. The summed E-state index contributed by atoms with van der Waals surface area (Å²) in [5.41, 5.74) is 1.74. The summed E-state index contributed by atoms with van der Waals surface area (Å²) in [4.78, 5) is 32.2. The second-order valence-corrected chi connectivity index (χ2v) is 7.22. The van der Waals surface area contributed by atoms with Gasteiger partial charge in [-0.25, -0.2) is 4.79 Å². The third-order valence-corrected chi connectivity index (χ3v) is 5.47. The number of nitrogens with zero attached hydrogens (tertiary/aromatic N) is 5. The predicted octanol–water partition coefficient (Wildman–Crippen LogP) is 0.344. The molecule has 1 fully saturated rings. The van der Waals surface area contributed by atoms with Crippen molar-refractivity contribution in [1.29, 1.82) is 0 Å². The number of allylic oxidation sites excluding steroid dienone is 2. The summed E-state index contributed by atoms with van der Waals surface area (Å²) >= 11 is 0. The molecule has 3 heterocycles. The highest BCUT2D eigenvalue weighted by Gasteiger charge is 2.24. The van der Waals surface area contributed by atoms with Gasteiger partial charge in [0, 0.05) is 46.8 Å². The molecule has 4 rings (SSSR count). The van der Waals surface area contributed by atoms with E-state index in [1.807, 2.05) is 4.57 Å². The van der Waals surface area contributed by atoms with Crippen molar-refractivity contribution in [3.05, 3.63) is 32.5 Å². The summed E-state index contributed by atoms with van der Waals surface area (Å²) in [6.07, 6.45) is 6.88. The van der Waals surface area contributed by atoms with E-state index in [2.05, 4.69) is 16.3 Å². The van der Waals surface area contributed by atoms with Gasteiger partial charge in [0.25, 0.3) is 5.56 Å². The van der Waals surface area contributed by atoms with Crippen LogP contribution in [0.15, 0.2) is 21.2 Å². The fourth-order valence-electron chi connectivity index (χ4n) is 3.94. The smallest absolute Gasteiger partial charge is 0.332 e. The number of anilines is 1. The Labute approximate surface area is 151 Å². The quantitative estimate of drug-likeness (QED) is 0.801. The zero-order chi connectivity index (χ0) is 18.3. The number of nitrogens with one attached hydrogen (secondary N) is 1. The molecule has 140 valence electrons. The van der Waals surface area contributed by atoms with Gasteiger partial charge in [-0.2, -0.15) is 4.98 Å². The molecule has 0 amide bonds. The van der Waals surface area contributed by atoms with Gasteiger partial charge in [0.15, 0.2) is 11.2 Å². The number of aromatic nitrogens is 4. The Morgan fingerprint density at radius 2 is 1.88 bits per heavy atom. The Kier molecular flexibility index (Phi) is 4.44. The second-order valence-electron chi connectivity index (χ2n) is 7.22. The first-order valence-corrected chi connectivity index (χ1v) is 9.37. The lowest BCUT2D eigenvalue weighted by atomic mass is 9.99. The lowest BCUT2D eigenvalue weighted by Gasteiger charge is -2.29. The number of hydrogen-bond acceptors (Lipinski definition) is 5. The Morgan fingerprint density at radius 3 is 2.58 bits per heavy atom. The fourth-order valence-corrected chi connectivity index (χ4v) is 3.94. The molecular formula is C18H26N6O2. The van der Waals surface area contributed by atoms with Crippen LogP contribution < -0.4 is 21.5 Å². The molecule has 1 saturated heterocycles. The Bertz CT molecular complexity index is 974. The standard InChI is InChI=1S/C18H26N6O2/c1-21-15-14(16(25)22(2)18(21)26)24(12-13-6-4-3-5-7-13)17(20-15)23-10-8-19-9-11-23/h6,19H,3-5,7-12H2,1-2H3. The molecule has 26 heavy (non-hydrogen) atoms. The van der Waals surface area contributed by atoms with E-state index in [1.165, 1.54) is 34.6 Å². The Balaban J connectivity index is 1.93. The van der Waals surface area contributed by atoms with Crippen LogP contribution in [0.3, 0.4) is 0 Å². The van der Waals surface area contributed by atoms with Crippen molar-refractivity contribution >= 4 is 17.1 Å². The fraction of sp³-hybridized carbons (Fsp3) is 0.611. The number of piperazine rings is 1. The molecule has 8 heteroatoms. The third kappa shape index (κ3) is 2.78. The average Bonchev–Trinajstić information content (AvgIpc) is 3.05. The molecule has 1 aliphatic heterocycles. The van der Waals surface area contributed by atoms with Crippen LogP contribution in [0.4, 0.5) is 5.95 Å². The highest BCUT2D eigenvalue weighted by Crippen LogP contribution is 2.25. The third-order valence-electron chi connectivity index (χ3n) is 5.47. The van der Waals surface area contributed by atoms with E-state index in [1.54, 1.807) is 7.05 Å². The molecule has 1 N–H and O–H groups in total. The van der Waals surface area contributed by atoms with Gasteiger partial charge in [0.05, 0.1) is 0 Å². The van der Waals surface area contributed by atoms with Crippen LogP contribution in [0, 0.1) is 0 Å². The molecule has 0 radical (unpaired) electrons. The second kappa shape index (κ2) is 6.75. The summed E-state index contributed by atoms with van der Waals surface area (Å²) in [6.45, 7) is 4.14. The molecule has 2 aromatic rings. The first kappa shape index (κ1) is 17.1. The summed E-state index contributed by atoms with van der Waals surface area (Å²) in [5.74, 6) is 0.797. The van der Waals surface area contributed by atoms with Gasteiger partial charge in [0.1, 0.15) is 0 Å². The first-order valence-electron chi connectivity index (χ1n) is 9.37. The zero-order valence-corrected chi connectivity index (χ0v) is 15.5. The van der Waals surface area contributed by atoms with Crippen LogP contribution in [0.1, 0.15) is 25.7 Å². The minimum Gasteiger partial charge on any atom is -0.340 e. The van der Waals surface area contributed by atoms with E-state index in [4.69, 9.17) is 4.98 Å². The van der Waals surface area contributed by atoms with Gasteiger partial charge in [-0.3, -0.25) is 13.9 Å². The van der Waals surface area contributed by atoms with Crippen molar-refractivity contribution in [2.75, 3.05) is 31.1 Å². The number of aryl methyl sites for hydroxylation is 1. The lowest BCUT2D eigenvalue weighted by molar-refractivity contribution is 0.567. The molecule has 0 atom stereocenters. The van der Waals surface area contributed by atoms with Crippen molar-refractivity contribution in [3.8, 4) is 0 Å². The maximum absolute atomic E-state index is 12.9. The van der Waals surface area contributed by atoms with E-state index in [0.717, 1.165) is 45.0 Å². The Hall–Kier alpha value is -2.35. The molecule has 0 aromatic carbocycles. The summed E-state index contributed by atoms with van der Waals surface area (Å²) < 4.78 is 4.69. The molecule has 0 unspecified atom stereocenters. The maximum Gasteiger partial charge on any atom is 0.332 e. The molecule has 1 aliphatic carbocycles. The zero-order valence-electron chi connectivity index (χ0n) is 15.5. The van der Waals surface area contributed by atoms with E-state index in [0.29, 0.717) is 17.7 Å². The molecular weight excluding hydrogens is 332 g/mol. The normalized spacial score (nSPS) is 18.4. The monoisotopic (exact) mass is 358 g/mol. The first-order chi connectivity index (χ1) is 12.6. The SMILES string of the molecule is Cn1c(=O)c2c(nc(N3CCNCC3)n2CC2=CCCCC2)n(C)c1=O. The molecule has 0 saturated carbocycles. The maximum atomic E-state index is 12.9. The highest BCUT2D eigenvalue weighted by molar-refractivity contribution is 5.74. The van der Waals surface area contributed by atoms with Gasteiger partial charge in [-0.1, -0.05) is 11.6 Å². The molecule has 8 nitrogen and oxygen atoms in total. The minimum atomic E-state index is -0.337. The van der Waals surface area contributed by atoms with Crippen LogP contribution in [0.2, 0.25) is 0 Å². The number of rotatable bonds is 3. The van der Waals surface area contributed by atoms with Crippen LogP contribution in [-0.2, 0) is 20.6 Å². The van der Waals surface area contributed by atoms with Crippen molar-refractivity contribution in [2.45, 2.75) is 32.2 Å². The number of imidazole rings is 1. The molecule has 2 aromatic heterocycles. The molecule has 2 aliphatic rings. The topological polar surface area (TPSA) is 77.1 Å².